The molecule has 0 amide bonds. The number of hydrogen-bond donors (Lipinski definition) is 0. The molecule has 0 N–H and O–H groups in total. The molecule has 0 spiro atoms. The van der Waals surface area contributed by atoms with Crippen LogP contribution < -0.4 is 5.56 Å². The zero-order valence-electron chi connectivity index (χ0n) is 11.1. The molecule has 0 saturated carbocycles. The van der Waals surface area contributed by atoms with Crippen molar-refractivity contribution in [1.82, 2.24) is 9.55 Å². The van der Waals surface area contributed by atoms with Crippen LogP contribution in [-0.4, -0.2) is 15.3 Å². The fourth-order valence-corrected chi connectivity index (χ4v) is 4.73. The molecule has 108 valence electrons. The van der Waals surface area contributed by atoms with Crippen LogP contribution in [0.1, 0.15) is 0 Å². The molecule has 0 radical (unpaired) electrons. The summed E-state index contributed by atoms with van der Waals surface area (Å²) in [5.74, 6) is 0.693. The molecule has 0 bridgehead atoms. The third-order valence-electron chi connectivity index (χ3n) is 2.96. The third-order valence-corrected chi connectivity index (χ3v) is 5.89. The van der Waals surface area contributed by atoms with Gasteiger partial charge in [0.25, 0.3) is 5.56 Å². The van der Waals surface area contributed by atoms with Gasteiger partial charge in [-0.05, 0) is 11.4 Å². The third kappa shape index (κ3) is 2.81. The van der Waals surface area contributed by atoms with E-state index in [0.29, 0.717) is 16.3 Å². The summed E-state index contributed by atoms with van der Waals surface area (Å²) >= 11 is 10.2. The Bertz CT molecular complexity index is 849. The first-order chi connectivity index (χ1) is 10.2. The predicted octanol–water partition coefficient (Wildman–Crippen LogP) is 4.57. The topological polar surface area (TPSA) is 34.9 Å². The maximum absolute atomic E-state index is 12.6. The molecule has 21 heavy (non-hydrogen) atoms. The van der Waals surface area contributed by atoms with Gasteiger partial charge in [-0.15, -0.1) is 22.7 Å². The number of hydrogen-bond acceptors (Lipinski definition) is 5. The number of nitrogens with zero attached hydrogens (tertiary/aromatic N) is 2. The van der Waals surface area contributed by atoms with Crippen molar-refractivity contribution in [2.75, 3.05) is 5.75 Å². The Hall–Kier alpha value is -1.08. The Kier molecular flexibility index (Phi) is 4.49. The van der Waals surface area contributed by atoms with E-state index in [1.165, 1.54) is 28.6 Å². The molecule has 0 aliphatic carbocycles. The summed E-state index contributed by atoms with van der Waals surface area (Å²) in [7, 11) is 1.76. The van der Waals surface area contributed by atoms with Crippen molar-refractivity contribution in [2.45, 2.75) is 5.16 Å². The highest BCUT2D eigenvalue weighted by Crippen LogP contribution is 2.34. The molecule has 3 aromatic rings. The fraction of sp³-hybridized carbons (Fsp3) is 0.143. The summed E-state index contributed by atoms with van der Waals surface area (Å²) in [6.07, 6.45) is 1.83. The van der Waals surface area contributed by atoms with E-state index in [9.17, 15) is 4.79 Å². The standard InChI is InChI=1S/C14H11ClN2OS3/c1-17-13(18)11-9(10-4-2-6-19-10)8-21-12(11)16-14(17)20-7-3-5-15/h2-6,8H,7H2,1H3/b5-3+. The Morgan fingerprint density at radius 2 is 2.33 bits per heavy atom. The maximum Gasteiger partial charge on any atom is 0.263 e. The summed E-state index contributed by atoms with van der Waals surface area (Å²) in [5, 5.41) is 5.45. The number of fused-ring (bicyclic) bond motifs is 1. The van der Waals surface area contributed by atoms with E-state index in [1.54, 1.807) is 23.0 Å². The van der Waals surface area contributed by atoms with Gasteiger partial charge < -0.3 is 0 Å². The second-order valence-electron chi connectivity index (χ2n) is 4.24. The van der Waals surface area contributed by atoms with Crippen molar-refractivity contribution in [3.8, 4) is 10.4 Å². The van der Waals surface area contributed by atoms with Crippen LogP contribution in [-0.2, 0) is 7.05 Å². The van der Waals surface area contributed by atoms with Crippen LogP contribution in [0.3, 0.4) is 0 Å². The number of halogens is 1. The summed E-state index contributed by atoms with van der Waals surface area (Å²) in [4.78, 5) is 19.1. The van der Waals surface area contributed by atoms with Crippen LogP contribution in [0.4, 0.5) is 0 Å². The van der Waals surface area contributed by atoms with Gasteiger partial charge >= 0.3 is 0 Å². The van der Waals surface area contributed by atoms with Crippen LogP contribution in [0.5, 0.6) is 0 Å². The molecule has 7 heteroatoms. The summed E-state index contributed by atoms with van der Waals surface area (Å²) < 4.78 is 1.61. The first-order valence-corrected chi connectivity index (χ1v) is 9.30. The highest BCUT2D eigenvalue weighted by molar-refractivity contribution is 7.99. The van der Waals surface area contributed by atoms with Crippen LogP contribution >= 0.6 is 46.0 Å². The second kappa shape index (κ2) is 6.36. The fourth-order valence-electron chi connectivity index (χ4n) is 1.95. The highest BCUT2D eigenvalue weighted by atomic mass is 35.5. The van der Waals surface area contributed by atoms with E-state index >= 15 is 0 Å². The number of thiophene rings is 2. The molecule has 3 aromatic heterocycles. The van der Waals surface area contributed by atoms with Crippen molar-refractivity contribution in [3.63, 3.8) is 0 Å². The van der Waals surface area contributed by atoms with Crippen molar-refractivity contribution in [2.24, 2.45) is 7.05 Å². The Balaban J connectivity index is 2.13. The lowest BCUT2D eigenvalue weighted by atomic mass is 10.2. The molecule has 0 aliphatic rings. The zero-order valence-corrected chi connectivity index (χ0v) is 14.3. The minimum Gasteiger partial charge on any atom is -0.290 e. The molecule has 0 aromatic carbocycles. The lowest BCUT2D eigenvalue weighted by Gasteiger charge is -2.06. The zero-order chi connectivity index (χ0) is 14.8. The SMILES string of the molecule is Cn1c(SC/C=C/Cl)nc2scc(-c3cccs3)c2c1=O. The number of rotatable bonds is 4. The molecule has 3 nitrogen and oxygen atoms in total. The largest absolute Gasteiger partial charge is 0.290 e. The smallest absolute Gasteiger partial charge is 0.263 e. The monoisotopic (exact) mass is 354 g/mol. The van der Waals surface area contributed by atoms with Gasteiger partial charge in [0.05, 0.1) is 5.39 Å². The van der Waals surface area contributed by atoms with E-state index < -0.39 is 0 Å². The van der Waals surface area contributed by atoms with Gasteiger partial charge in [0, 0.05) is 34.2 Å². The van der Waals surface area contributed by atoms with Gasteiger partial charge in [0.1, 0.15) is 4.83 Å². The molecule has 3 rings (SSSR count). The minimum atomic E-state index is 0.00185. The van der Waals surface area contributed by atoms with Gasteiger partial charge in [-0.1, -0.05) is 35.5 Å². The number of aromatic nitrogens is 2. The van der Waals surface area contributed by atoms with E-state index in [4.69, 9.17) is 11.6 Å². The molecule has 3 heterocycles. The lowest BCUT2D eigenvalue weighted by molar-refractivity contribution is 0.729. The summed E-state index contributed by atoms with van der Waals surface area (Å²) in [5.41, 5.74) is 2.46. The van der Waals surface area contributed by atoms with Crippen molar-refractivity contribution >= 4 is 56.3 Å². The molecule has 0 saturated heterocycles. The van der Waals surface area contributed by atoms with Gasteiger partial charge in [0.2, 0.25) is 0 Å². The van der Waals surface area contributed by atoms with Gasteiger partial charge in [-0.2, -0.15) is 0 Å². The second-order valence-corrected chi connectivity index (χ2v) is 7.28. The van der Waals surface area contributed by atoms with Gasteiger partial charge in [0.15, 0.2) is 5.16 Å². The first kappa shape index (κ1) is 14.8. The van der Waals surface area contributed by atoms with Crippen molar-refractivity contribution in [3.05, 3.63) is 44.9 Å². The molecule has 0 unspecified atom stereocenters. The molecular weight excluding hydrogens is 344 g/mol. The maximum atomic E-state index is 12.6. The average molecular weight is 355 g/mol. The quantitative estimate of drug-likeness (QED) is 0.508. The van der Waals surface area contributed by atoms with Crippen LogP contribution in [0.25, 0.3) is 20.7 Å². The Labute approximate surface area is 138 Å². The van der Waals surface area contributed by atoms with Gasteiger partial charge in [-0.25, -0.2) is 4.98 Å². The Morgan fingerprint density at radius 1 is 1.48 bits per heavy atom. The van der Waals surface area contributed by atoms with Crippen LogP contribution in [0, 0.1) is 0 Å². The minimum absolute atomic E-state index is 0.00185. The molecule has 0 fully saturated rings. The molecule has 0 atom stereocenters. The normalized spacial score (nSPS) is 11.7. The van der Waals surface area contributed by atoms with Crippen molar-refractivity contribution < 1.29 is 0 Å². The lowest BCUT2D eigenvalue weighted by Crippen LogP contribution is -2.19. The summed E-state index contributed by atoms with van der Waals surface area (Å²) in [6, 6.07) is 4.02. The van der Waals surface area contributed by atoms with E-state index in [-0.39, 0.29) is 5.56 Å². The first-order valence-electron chi connectivity index (χ1n) is 6.12. The van der Waals surface area contributed by atoms with E-state index in [2.05, 4.69) is 4.98 Å². The van der Waals surface area contributed by atoms with Crippen LogP contribution in [0.15, 0.2) is 44.5 Å². The van der Waals surface area contributed by atoms with Gasteiger partial charge in [-0.3, -0.25) is 9.36 Å². The van der Waals surface area contributed by atoms with E-state index in [0.717, 1.165) is 15.3 Å². The van der Waals surface area contributed by atoms with Crippen molar-refractivity contribution in [1.29, 1.82) is 0 Å². The highest BCUT2D eigenvalue weighted by Gasteiger charge is 2.15. The number of thioether (sulfide) groups is 1. The molecular formula is C14H11ClN2OS3. The average Bonchev–Trinajstić information content (AvgIpc) is 3.12. The Morgan fingerprint density at radius 3 is 3.05 bits per heavy atom. The predicted molar refractivity (Wildman–Crippen MR) is 93.9 cm³/mol. The summed E-state index contributed by atoms with van der Waals surface area (Å²) in [6.45, 7) is 0. The van der Waals surface area contributed by atoms with E-state index in [1.807, 2.05) is 29.0 Å². The van der Waals surface area contributed by atoms with Crippen LogP contribution in [0.2, 0.25) is 0 Å². The molecule has 0 aliphatic heterocycles.